The van der Waals surface area contributed by atoms with Crippen LogP contribution in [0.2, 0.25) is 0 Å². The van der Waals surface area contributed by atoms with Gasteiger partial charge in [0, 0.05) is 23.4 Å². The molecule has 7 rings (SSSR count). The van der Waals surface area contributed by atoms with E-state index in [4.69, 9.17) is 9.73 Å². The monoisotopic (exact) mass is 548 g/mol. The van der Waals surface area contributed by atoms with Gasteiger partial charge in [0.2, 0.25) is 0 Å². The number of nitrogens with zero attached hydrogens (tertiary/aromatic N) is 1. The van der Waals surface area contributed by atoms with Crippen molar-refractivity contribution < 1.29 is 4.74 Å². The van der Waals surface area contributed by atoms with Gasteiger partial charge in [-0.15, -0.1) is 0 Å². The van der Waals surface area contributed by atoms with E-state index in [9.17, 15) is 0 Å². The molecule has 3 atom stereocenters. The first-order chi connectivity index (χ1) is 20.5. The van der Waals surface area contributed by atoms with E-state index in [2.05, 4.69) is 135 Å². The summed E-state index contributed by atoms with van der Waals surface area (Å²) in [7, 11) is 0. The van der Waals surface area contributed by atoms with Gasteiger partial charge in [-0.3, -0.25) is 4.99 Å². The molecule has 1 heterocycles. The lowest BCUT2D eigenvalue weighted by molar-refractivity contribution is 0.306. The van der Waals surface area contributed by atoms with E-state index in [0.717, 1.165) is 28.8 Å². The molecule has 0 amide bonds. The van der Waals surface area contributed by atoms with Crippen LogP contribution in [0.1, 0.15) is 57.3 Å². The van der Waals surface area contributed by atoms with Gasteiger partial charge >= 0.3 is 0 Å². The highest BCUT2D eigenvalue weighted by Gasteiger charge is 2.37. The lowest BCUT2D eigenvalue weighted by Gasteiger charge is -2.37. The third-order valence-electron chi connectivity index (χ3n) is 8.72. The second kappa shape index (κ2) is 11.0. The predicted octanol–water partition coefficient (Wildman–Crippen LogP) is 9.92. The lowest BCUT2D eigenvalue weighted by atomic mass is 9.76. The molecule has 5 aromatic rings. The van der Waals surface area contributed by atoms with Crippen LogP contribution in [0.25, 0.3) is 10.8 Å². The van der Waals surface area contributed by atoms with Crippen molar-refractivity contribution in [3.63, 3.8) is 0 Å². The van der Waals surface area contributed by atoms with Gasteiger partial charge in [0.1, 0.15) is 12.4 Å². The molecule has 3 heteroatoms. The van der Waals surface area contributed by atoms with Crippen LogP contribution >= 0.6 is 0 Å². The number of hydrogen-bond donors (Lipinski definition) is 1. The van der Waals surface area contributed by atoms with Gasteiger partial charge in [-0.2, -0.15) is 0 Å². The summed E-state index contributed by atoms with van der Waals surface area (Å²) < 4.78 is 6.40. The molecule has 0 bridgehead atoms. The van der Waals surface area contributed by atoms with Crippen molar-refractivity contribution in [3.05, 3.63) is 148 Å². The summed E-state index contributed by atoms with van der Waals surface area (Å²) in [4.78, 5) is 4.93. The largest absolute Gasteiger partial charge is 0.488 e. The van der Waals surface area contributed by atoms with Crippen molar-refractivity contribution in [2.24, 2.45) is 10.9 Å². The third-order valence-corrected chi connectivity index (χ3v) is 8.72. The number of aryl methyl sites for hydroxylation is 3. The molecule has 2 aliphatic rings. The number of rotatable bonds is 6. The summed E-state index contributed by atoms with van der Waals surface area (Å²) in [5, 5.41) is 6.16. The Bertz CT molecular complexity index is 1810. The highest BCUT2D eigenvalue weighted by Crippen LogP contribution is 2.50. The number of ether oxygens (including phenoxy) is 1. The zero-order valence-electron chi connectivity index (χ0n) is 24.5. The molecule has 0 fully saturated rings. The van der Waals surface area contributed by atoms with E-state index < -0.39 is 0 Å². The van der Waals surface area contributed by atoms with Crippen LogP contribution in [0.3, 0.4) is 0 Å². The van der Waals surface area contributed by atoms with Gasteiger partial charge in [0.25, 0.3) is 0 Å². The molecule has 42 heavy (non-hydrogen) atoms. The topological polar surface area (TPSA) is 33.6 Å². The van der Waals surface area contributed by atoms with Crippen LogP contribution in [0, 0.1) is 26.7 Å². The average molecular weight is 549 g/mol. The molecular weight excluding hydrogens is 512 g/mol. The van der Waals surface area contributed by atoms with Gasteiger partial charge in [0.15, 0.2) is 0 Å². The van der Waals surface area contributed by atoms with Crippen LogP contribution < -0.4 is 10.1 Å². The van der Waals surface area contributed by atoms with E-state index in [-0.39, 0.29) is 6.04 Å². The van der Waals surface area contributed by atoms with Gasteiger partial charge in [0.05, 0.1) is 11.7 Å². The van der Waals surface area contributed by atoms with E-state index in [1.807, 2.05) is 6.21 Å². The molecule has 0 spiro atoms. The Balaban J connectivity index is 1.15. The SMILES string of the molecule is Cc1cc(C)cc(COc2ccc3ccccc3c2C=Nc2ccc([C@@H]3Nc4ccc(C)cc4[C@@H]4C=CC[C@@H]43)cc2)c1. The first-order valence-electron chi connectivity index (χ1n) is 14.9. The summed E-state index contributed by atoms with van der Waals surface area (Å²) in [6.07, 6.45) is 7.81. The van der Waals surface area contributed by atoms with Crippen LogP contribution in [-0.2, 0) is 6.61 Å². The second-order valence-corrected chi connectivity index (χ2v) is 11.9. The fourth-order valence-electron chi connectivity index (χ4n) is 6.80. The molecule has 0 saturated heterocycles. The van der Waals surface area contributed by atoms with E-state index >= 15 is 0 Å². The number of anilines is 1. The van der Waals surface area contributed by atoms with E-state index in [1.165, 1.54) is 44.5 Å². The van der Waals surface area contributed by atoms with E-state index in [1.54, 1.807) is 0 Å². The smallest absolute Gasteiger partial charge is 0.129 e. The molecule has 5 aromatic carbocycles. The molecule has 3 nitrogen and oxygen atoms in total. The molecule has 0 unspecified atom stereocenters. The average Bonchev–Trinajstić information content (AvgIpc) is 3.49. The highest BCUT2D eigenvalue weighted by atomic mass is 16.5. The van der Waals surface area contributed by atoms with Crippen molar-refractivity contribution in [1.82, 2.24) is 0 Å². The second-order valence-electron chi connectivity index (χ2n) is 11.9. The Labute approximate surface area is 248 Å². The first kappa shape index (κ1) is 26.3. The van der Waals surface area contributed by atoms with Crippen molar-refractivity contribution >= 4 is 28.4 Å². The molecule has 1 aliphatic carbocycles. The van der Waals surface area contributed by atoms with Crippen molar-refractivity contribution in [2.45, 2.75) is 45.8 Å². The molecule has 0 saturated carbocycles. The Morgan fingerprint density at radius 1 is 0.833 bits per heavy atom. The Morgan fingerprint density at radius 3 is 2.48 bits per heavy atom. The van der Waals surface area contributed by atoms with Gasteiger partial charge in [-0.25, -0.2) is 0 Å². The summed E-state index contributed by atoms with van der Waals surface area (Å²) in [5.74, 6) is 1.84. The van der Waals surface area contributed by atoms with Crippen molar-refractivity contribution in [2.75, 3.05) is 5.32 Å². The van der Waals surface area contributed by atoms with Crippen LogP contribution in [0.5, 0.6) is 5.75 Å². The number of fused-ring (bicyclic) bond motifs is 4. The Morgan fingerprint density at radius 2 is 1.64 bits per heavy atom. The standard InChI is InChI=1S/C39H36N2O/c1-25-11-17-37-35(22-25)33-9-6-10-34(33)39(41-37)30-12-15-31(16-13-30)40-23-36-32-8-5-4-7-29(32)14-18-38(36)42-24-28-20-26(2)19-27(3)21-28/h4-9,11-23,33-34,39,41H,10,24H2,1-3H3/t33-,34+,39+/m1/s1. The maximum atomic E-state index is 6.40. The van der Waals surface area contributed by atoms with Gasteiger partial charge in [-0.1, -0.05) is 102 Å². The zero-order valence-corrected chi connectivity index (χ0v) is 24.5. The minimum absolute atomic E-state index is 0.279. The van der Waals surface area contributed by atoms with Gasteiger partial charge in [-0.05, 0) is 84.8 Å². The minimum atomic E-state index is 0.279. The predicted molar refractivity (Wildman–Crippen MR) is 175 cm³/mol. The number of aliphatic imine (C=N–C) groups is 1. The number of hydrogen-bond acceptors (Lipinski definition) is 3. The molecule has 1 N–H and O–H groups in total. The maximum Gasteiger partial charge on any atom is 0.129 e. The third kappa shape index (κ3) is 5.12. The summed E-state index contributed by atoms with van der Waals surface area (Å²) >= 11 is 0. The lowest BCUT2D eigenvalue weighted by Crippen LogP contribution is -2.29. The number of allylic oxidation sites excluding steroid dienone is 2. The molecule has 1 aliphatic heterocycles. The Hall–Kier alpha value is -4.63. The molecular formula is C39H36N2O. The fraction of sp³-hybridized carbons (Fsp3) is 0.205. The Kier molecular flexibility index (Phi) is 6.87. The van der Waals surface area contributed by atoms with Crippen LogP contribution in [0.4, 0.5) is 11.4 Å². The zero-order chi connectivity index (χ0) is 28.6. The quantitative estimate of drug-likeness (QED) is 0.169. The highest BCUT2D eigenvalue weighted by molar-refractivity contribution is 6.03. The normalized spacial score (nSPS) is 19.1. The first-order valence-corrected chi connectivity index (χ1v) is 14.9. The van der Waals surface area contributed by atoms with Crippen molar-refractivity contribution in [3.8, 4) is 5.75 Å². The molecule has 208 valence electrons. The number of benzene rings is 5. The number of nitrogens with one attached hydrogen (secondary N) is 1. The fourth-order valence-corrected chi connectivity index (χ4v) is 6.80. The van der Waals surface area contributed by atoms with Crippen molar-refractivity contribution in [1.29, 1.82) is 0 Å². The summed E-state index contributed by atoms with van der Waals surface area (Å²) in [6.45, 7) is 6.95. The van der Waals surface area contributed by atoms with Crippen LogP contribution in [-0.4, -0.2) is 6.21 Å². The van der Waals surface area contributed by atoms with Gasteiger partial charge < -0.3 is 10.1 Å². The molecule has 0 aromatic heterocycles. The molecule has 0 radical (unpaired) electrons. The van der Waals surface area contributed by atoms with Crippen LogP contribution in [0.15, 0.2) is 114 Å². The van der Waals surface area contributed by atoms with E-state index in [0.29, 0.717) is 18.4 Å². The summed E-state index contributed by atoms with van der Waals surface area (Å²) in [6, 6.07) is 35.0. The minimum Gasteiger partial charge on any atom is -0.488 e. The summed E-state index contributed by atoms with van der Waals surface area (Å²) in [5.41, 5.74) is 10.9. The maximum absolute atomic E-state index is 6.40.